The minimum absolute atomic E-state index is 0.0439. The van der Waals surface area contributed by atoms with Crippen molar-refractivity contribution in [1.29, 1.82) is 0 Å². The number of methoxy groups -OCH3 is 1. The number of ether oxygens (including phenoxy) is 1. The van der Waals surface area contributed by atoms with Crippen LogP contribution in [0.5, 0.6) is 0 Å². The van der Waals surface area contributed by atoms with Crippen LogP contribution in [0, 0.1) is 5.92 Å². The van der Waals surface area contributed by atoms with Crippen LogP contribution in [0.4, 0.5) is 11.5 Å². The quantitative estimate of drug-likeness (QED) is 0.459. The molecule has 2 aromatic heterocycles. The van der Waals surface area contributed by atoms with Crippen molar-refractivity contribution in [1.82, 2.24) is 10.3 Å². The third-order valence-corrected chi connectivity index (χ3v) is 8.03. The van der Waals surface area contributed by atoms with Crippen LogP contribution in [0.2, 0.25) is 0 Å². The number of amides is 2. The van der Waals surface area contributed by atoms with Gasteiger partial charge in [-0.2, -0.15) is 0 Å². The molecule has 184 valence electrons. The first-order chi connectivity index (χ1) is 16.1. The number of aromatic nitrogens is 1. The Hall–Kier alpha value is -2.99. The van der Waals surface area contributed by atoms with Gasteiger partial charge in [0.25, 0.3) is 5.91 Å². The van der Waals surface area contributed by atoms with Crippen LogP contribution in [0.1, 0.15) is 58.6 Å². The Bertz CT molecular complexity index is 1150. The number of esters is 1. The van der Waals surface area contributed by atoms with Crippen molar-refractivity contribution in [3.63, 3.8) is 0 Å². The van der Waals surface area contributed by atoms with Crippen LogP contribution in [-0.4, -0.2) is 50.6 Å². The van der Waals surface area contributed by atoms with Gasteiger partial charge in [-0.15, -0.1) is 11.3 Å². The second-order valence-electron chi connectivity index (χ2n) is 8.29. The van der Waals surface area contributed by atoms with Crippen molar-refractivity contribution in [2.75, 3.05) is 24.4 Å². The molecule has 2 heterocycles. The summed E-state index contributed by atoms with van der Waals surface area (Å²) in [4.78, 5) is 41.6. The van der Waals surface area contributed by atoms with E-state index in [9.17, 15) is 22.8 Å². The first-order valence-electron chi connectivity index (χ1n) is 10.8. The highest BCUT2D eigenvalue weighted by Gasteiger charge is 2.29. The number of pyridine rings is 1. The minimum Gasteiger partial charge on any atom is -0.465 e. The number of nitrogens with one attached hydrogen (secondary N) is 2. The van der Waals surface area contributed by atoms with E-state index in [0.717, 1.165) is 49.7 Å². The smallest absolute Gasteiger partial charge is 0.339 e. The predicted octanol–water partition coefficient (Wildman–Crippen LogP) is 2.62. The summed E-state index contributed by atoms with van der Waals surface area (Å²) < 4.78 is 28.4. The molecule has 2 amide bonds. The van der Waals surface area contributed by atoms with Crippen molar-refractivity contribution in [2.45, 2.75) is 49.5 Å². The summed E-state index contributed by atoms with van der Waals surface area (Å²) in [5, 5.41) is 6.73. The van der Waals surface area contributed by atoms with Crippen LogP contribution >= 0.6 is 11.3 Å². The molecule has 0 spiro atoms. The van der Waals surface area contributed by atoms with E-state index < -0.39 is 33.7 Å². The molecule has 1 atom stereocenters. The average Bonchev–Trinajstić information content (AvgIpc) is 3.21. The van der Waals surface area contributed by atoms with Crippen LogP contribution in [-0.2, 0) is 19.4 Å². The molecule has 0 saturated heterocycles. The number of carbonyl (C=O) groups is 3. The monoisotopic (exact) mass is 508 g/mol. The summed E-state index contributed by atoms with van der Waals surface area (Å²) in [6.07, 6.45) is 7.95. The Morgan fingerprint density at radius 1 is 1.24 bits per heavy atom. The zero-order valence-corrected chi connectivity index (χ0v) is 20.6. The zero-order chi connectivity index (χ0) is 24.9. The molecule has 34 heavy (non-hydrogen) atoms. The first kappa shape index (κ1) is 25.6. The number of hydrogen-bond acceptors (Lipinski definition) is 9. The Morgan fingerprint density at radius 2 is 1.94 bits per heavy atom. The van der Waals surface area contributed by atoms with Crippen LogP contribution < -0.4 is 16.4 Å². The van der Waals surface area contributed by atoms with Gasteiger partial charge in [-0.25, -0.2) is 18.2 Å². The number of carbonyl (C=O) groups excluding carboxylic acids is 3. The van der Waals surface area contributed by atoms with E-state index in [-0.39, 0.29) is 32.8 Å². The van der Waals surface area contributed by atoms with Crippen LogP contribution in [0.3, 0.4) is 0 Å². The van der Waals surface area contributed by atoms with Gasteiger partial charge in [0.05, 0.1) is 18.4 Å². The van der Waals surface area contributed by atoms with E-state index in [4.69, 9.17) is 5.73 Å². The Kier molecular flexibility index (Phi) is 8.26. The van der Waals surface area contributed by atoms with Gasteiger partial charge in [0, 0.05) is 17.8 Å². The van der Waals surface area contributed by atoms with Gasteiger partial charge in [0.15, 0.2) is 9.84 Å². The predicted molar refractivity (Wildman–Crippen MR) is 128 cm³/mol. The van der Waals surface area contributed by atoms with Crippen molar-refractivity contribution in [3.8, 4) is 0 Å². The van der Waals surface area contributed by atoms with E-state index in [1.807, 2.05) is 0 Å². The molecule has 1 aliphatic carbocycles. The van der Waals surface area contributed by atoms with Gasteiger partial charge >= 0.3 is 5.97 Å². The van der Waals surface area contributed by atoms with Gasteiger partial charge in [-0.05, 0) is 24.5 Å². The largest absolute Gasteiger partial charge is 0.465 e. The lowest BCUT2D eigenvalue weighted by Gasteiger charge is -2.26. The third-order valence-electron chi connectivity index (χ3n) is 5.75. The standard InChI is InChI=1S/C22H28N4O6S2/c1-32-22(29)14-8-9-17(24-11-14)26-20(27)15(10-13-6-4-3-5-7-13)25-21(28)19-18(23)16(12-33-19)34(2,30)31/h8-9,11-13,15H,3-7,10,23H2,1-2H3,(H,25,28)(H,24,26,27). The second-order valence-corrected chi connectivity index (χ2v) is 11.2. The lowest BCUT2D eigenvalue weighted by molar-refractivity contribution is -0.118. The molecule has 1 fully saturated rings. The molecule has 1 aliphatic rings. The average molecular weight is 509 g/mol. The molecule has 2 aromatic rings. The molecule has 1 unspecified atom stereocenters. The molecular weight excluding hydrogens is 480 g/mol. The van der Waals surface area contributed by atoms with Gasteiger partial charge in [0.1, 0.15) is 21.6 Å². The highest BCUT2D eigenvalue weighted by atomic mass is 32.2. The lowest BCUT2D eigenvalue weighted by atomic mass is 9.84. The number of sulfone groups is 1. The summed E-state index contributed by atoms with van der Waals surface area (Å²) in [5.74, 6) is -1.13. The van der Waals surface area contributed by atoms with Crippen LogP contribution in [0.25, 0.3) is 0 Å². The van der Waals surface area contributed by atoms with Gasteiger partial charge in [0.2, 0.25) is 5.91 Å². The number of nitrogens with two attached hydrogens (primary N) is 1. The third kappa shape index (κ3) is 6.32. The Labute approximate surface area is 202 Å². The summed E-state index contributed by atoms with van der Waals surface area (Å²) in [6.45, 7) is 0. The summed E-state index contributed by atoms with van der Waals surface area (Å²) in [6, 6.07) is 2.07. The number of thiophene rings is 1. The number of nitrogen functional groups attached to an aromatic ring is 1. The molecule has 0 aromatic carbocycles. The molecule has 3 rings (SSSR count). The van der Waals surface area contributed by atoms with E-state index >= 15 is 0 Å². The minimum atomic E-state index is -3.58. The summed E-state index contributed by atoms with van der Waals surface area (Å²) in [5.41, 5.74) is 6.04. The number of anilines is 2. The van der Waals surface area contributed by atoms with Crippen molar-refractivity contribution < 1.29 is 27.5 Å². The molecule has 0 aliphatic heterocycles. The van der Waals surface area contributed by atoms with E-state index in [1.165, 1.54) is 30.8 Å². The van der Waals surface area contributed by atoms with Gasteiger partial charge < -0.3 is 21.1 Å². The van der Waals surface area contributed by atoms with E-state index in [2.05, 4.69) is 20.4 Å². The fourth-order valence-corrected chi connectivity index (χ4v) is 6.11. The topological polar surface area (TPSA) is 158 Å². The maximum absolute atomic E-state index is 13.1. The molecule has 4 N–H and O–H groups in total. The molecule has 0 radical (unpaired) electrons. The highest BCUT2D eigenvalue weighted by Crippen LogP contribution is 2.30. The zero-order valence-electron chi connectivity index (χ0n) is 19.0. The van der Waals surface area contributed by atoms with Crippen molar-refractivity contribution in [3.05, 3.63) is 34.2 Å². The van der Waals surface area contributed by atoms with E-state index in [1.54, 1.807) is 0 Å². The summed E-state index contributed by atoms with van der Waals surface area (Å²) in [7, 11) is -2.32. The second kappa shape index (κ2) is 11.0. The Balaban J connectivity index is 1.77. The molecule has 12 heteroatoms. The number of nitrogens with zero attached hydrogens (tertiary/aromatic N) is 1. The molecule has 10 nitrogen and oxygen atoms in total. The van der Waals surface area contributed by atoms with Crippen molar-refractivity contribution in [2.24, 2.45) is 5.92 Å². The van der Waals surface area contributed by atoms with Crippen molar-refractivity contribution >= 4 is 50.5 Å². The number of rotatable bonds is 8. The summed E-state index contributed by atoms with van der Waals surface area (Å²) >= 11 is 0.917. The normalized spacial score (nSPS) is 15.4. The van der Waals surface area contributed by atoms with Gasteiger partial charge in [-0.1, -0.05) is 32.1 Å². The molecule has 1 saturated carbocycles. The molecular formula is C22H28N4O6S2. The highest BCUT2D eigenvalue weighted by molar-refractivity contribution is 7.91. The SMILES string of the molecule is COC(=O)c1ccc(NC(=O)C(CC2CCCCC2)NC(=O)c2scc(S(C)(=O)=O)c2N)nc1. The molecule has 0 bridgehead atoms. The van der Waals surface area contributed by atoms with Gasteiger partial charge in [-0.3, -0.25) is 9.59 Å². The maximum atomic E-state index is 13.1. The fourth-order valence-electron chi connectivity index (χ4n) is 3.95. The Morgan fingerprint density at radius 3 is 2.50 bits per heavy atom. The maximum Gasteiger partial charge on any atom is 0.339 e. The van der Waals surface area contributed by atoms with E-state index in [0.29, 0.717) is 6.42 Å². The van der Waals surface area contributed by atoms with Crippen LogP contribution in [0.15, 0.2) is 28.6 Å². The number of hydrogen-bond donors (Lipinski definition) is 3. The fraction of sp³-hybridized carbons (Fsp3) is 0.455. The lowest BCUT2D eigenvalue weighted by Crippen LogP contribution is -2.45. The first-order valence-corrected chi connectivity index (χ1v) is 13.6.